The molecule has 0 saturated carbocycles. The summed E-state index contributed by atoms with van der Waals surface area (Å²) in [5.74, 6) is 0.365. The Morgan fingerprint density at radius 1 is 1.03 bits per heavy atom. The van der Waals surface area contributed by atoms with Gasteiger partial charge >= 0.3 is 6.18 Å². The fourth-order valence-electron chi connectivity index (χ4n) is 3.34. The molecule has 0 bridgehead atoms. The lowest BCUT2D eigenvalue weighted by molar-refractivity contribution is -0.143. The monoisotopic (exact) mass is 461 g/mol. The van der Waals surface area contributed by atoms with Gasteiger partial charge in [-0.1, -0.05) is 23.8 Å². The molecule has 0 unspecified atom stereocenters. The summed E-state index contributed by atoms with van der Waals surface area (Å²) in [6.45, 7) is 6.66. The molecule has 0 radical (unpaired) electrons. The van der Waals surface area contributed by atoms with Gasteiger partial charge in [0.05, 0.1) is 30.7 Å². The first-order chi connectivity index (χ1) is 15.7. The van der Waals surface area contributed by atoms with E-state index in [1.807, 2.05) is 26.8 Å². The lowest BCUT2D eigenvalue weighted by Gasteiger charge is -2.14. The third-order valence-corrected chi connectivity index (χ3v) is 4.87. The third-order valence-electron chi connectivity index (χ3n) is 4.87. The largest absolute Gasteiger partial charge is 0.490 e. The van der Waals surface area contributed by atoms with E-state index in [1.54, 1.807) is 24.3 Å². The van der Waals surface area contributed by atoms with Crippen LogP contribution in [0.25, 0.3) is 5.69 Å². The number of carbonyl (C=O) groups excluding carboxylic acids is 1. The van der Waals surface area contributed by atoms with Crippen molar-refractivity contribution in [3.05, 3.63) is 71.0 Å². The maximum Gasteiger partial charge on any atom is 0.434 e. The second-order valence-electron chi connectivity index (χ2n) is 7.30. The number of aryl methyl sites for hydroxylation is 1. The lowest BCUT2D eigenvalue weighted by Crippen LogP contribution is -2.28. The molecule has 0 aliphatic rings. The predicted octanol–water partition coefficient (Wildman–Crippen LogP) is 4.97. The zero-order chi connectivity index (χ0) is 24.0. The summed E-state index contributed by atoms with van der Waals surface area (Å²) in [4.78, 5) is 12.6. The Bertz CT molecular complexity index is 1090. The second-order valence-corrected chi connectivity index (χ2v) is 7.30. The molecule has 9 heteroatoms. The van der Waals surface area contributed by atoms with Crippen LogP contribution >= 0.6 is 0 Å². The van der Waals surface area contributed by atoms with Gasteiger partial charge in [0.25, 0.3) is 5.91 Å². The van der Waals surface area contributed by atoms with E-state index in [-0.39, 0.29) is 12.2 Å². The Labute approximate surface area is 190 Å². The summed E-state index contributed by atoms with van der Waals surface area (Å²) in [7, 11) is 0. The molecule has 3 aromatic rings. The van der Waals surface area contributed by atoms with Crippen LogP contribution < -0.4 is 14.8 Å². The van der Waals surface area contributed by atoms with Crippen molar-refractivity contribution in [2.24, 2.45) is 0 Å². The molecule has 0 spiro atoms. The average molecular weight is 461 g/mol. The van der Waals surface area contributed by atoms with Crippen molar-refractivity contribution >= 4 is 5.91 Å². The summed E-state index contributed by atoms with van der Waals surface area (Å²) in [5.41, 5.74) is 0.353. The van der Waals surface area contributed by atoms with Crippen LogP contribution in [0.4, 0.5) is 13.2 Å². The average Bonchev–Trinajstić information content (AvgIpc) is 3.22. The highest BCUT2D eigenvalue weighted by Gasteiger charge is 2.40. The third kappa shape index (κ3) is 5.85. The van der Waals surface area contributed by atoms with Gasteiger partial charge in [0.2, 0.25) is 0 Å². The van der Waals surface area contributed by atoms with E-state index in [0.717, 1.165) is 22.0 Å². The van der Waals surface area contributed by atoms with Crippen LogP contribution in [0.2, 0.25) is 0 Å². The second kappa shape index (κ2) is 10.4. The quantitative estimate of drug-likeness (QED) is 0.489. The molecule has 0 aliphatic heterocycles. The molecule has 6 nitrogen and oxygen atoms in total. The lowest BCUT2D eigenvalue weighted by atomic mass is 10.1. The number of carbonyl (C=O) groups is 1. The predicted molar refractivity (Wildman–Crippen MR) is 118 cm³/mol. The first-order valence-electron chi connectivity index (χ1n) is 10.6. The highest BCUT2D eigenvalue weighted by molar-refractivity contribution is 5.95. The van der Waals surface area contributed by atoms with Crippen molar-refractivity contribution < 1.29 is 27.4 Å². The van der Waals surface area contributed by atoms with E-state index in [2.05, 4.69) is 10.4 Å². The summed E-state index contributed by atoms with van der Waals surface area (Å²) >= 11 is 0. The Morgan fingerprint density at radius 3 is 2.33 bits per heavy atom. The van der Waals surface area contributed by atoms with Crippen LogP contribution in [0.5, 0.6) is 11.5 Å². The van der Waals surface area contributed by atoms with Crippen molar-refractivity contribution in [2.45, 2.75) is 33.4 Å². The number of nitrogens with zero attached hydrogens (tertiary/aromatic N) is 2. The number of rotatable bonds is 9. The number of alkyl halides is 3. The topological polar surface area (TPSA) is 65.4 Å². The minimum Gasteiger partial charge on any atom is -0.490 e. The van der Waals surface area contributed by atoms with E-state index < -0.39 is 23.3 Å². The molecule has 0 fully saturated rings. The van der Waals surface area contributed by atoms with Gasteiger partial charge in [-0.25, -0.2) is 4.68 Å². The summed E-state index contributed by atoms with van der Waals surface area (Å²) in [6.07, 6.45) is -3.40. The van der Waals surface area contributed by atoms with Crippen molar-refractivity contribution in [3.8, 4) is 17.2 Å². The molecule has 176 valence electrons. The Kier molecular flexibility index (Phi) is 7.63. The number of benzene rings is 2. The van der Waals surface area contributed by atoms with Crippen molar-refractivity contribution in [2.75, 3.05) is 19.8 Å². The smallest absolute Gasteiger partial charge is 0.434 e. The molecule has 0 atom stereocenters. The molecule has 1 N–H and O–H groups in total. The van der Waals surface area contributed by atoms with Crippen LogP contribution in [0.1, 0.15) is 41.0 Å². The number of amides is 1. The van der Waals surface area contributed by atoms with Gasteiger partial charge in [0, 0.05) is 6.54 Å². The number of nitrogens with one attached hydrogen (secondary N) is 1. The minimum atomic E-state index is -4.75. The zero-order valence-corrected chi connectivity index (χ0v) is 18.7. The number of hydrogen-bond donors (Lipinski definition) is 1. The van der Waals surface area contributed by atoms with Crippen molar-refractivity contribution in [1.82, 2.24) is 15.1 Å². The number of halogens is 3. The molecule has 2 aromatic carbocycles. The minimum absolute atomic E-state index is 0.144. The summed E-state index contributed by atoms with van der Waals surface area (Å²) in [6, 6.07) is 11.8. The van der Waals surface area contributed by atoms with Gasteiger partial charge in [-0.05, 0) is 57.0 Å². The van der Waals surface area contributed by atoms with E-state index in [0.29, 0.717) is 31.1 Å². The maximum atomic E-state index is 13.8. The van der Waals surface area contributed by atoms with Crippen LogP contribution in [0.15, 0.2) is 48.7 Å². The molecule has 33 heavy (non-hydrogen) atoms. The highest BCUT2D eigenvalue weighted by Crippen LogP contribution is 2.34. The van der Waals surface area contributed by atoms with Gasteiger partial charge in [-0.3, -0.25) is 4.79 Å². The van der Waals surface area contributed by atoms with Crippen LogP contribution in [-0.2, 0) is 12.6 Å². The Morgan fingerprint density at radius 2 is 1.70 bits per heavy atom. The molecule has 0 aliphatic carbocycles. The zero-order valence-electron chi connectivity index (χ0n) is 18.7. The standard InChI is InChI=1S/C24H26F3N3O3/c1-4-32-20-11-8-17(14-21(20)33-5-2)12-13-28-23(31)19-15-29-30(22(19)24(25,26)27)18-9-6-16(3)7-10-18/h6-11,14-15H,4-5,12-13H2,1-3H3,(H,28,31). The SMILES string of the molecule is CCOc1ccc(CCNC(=O)c2cnn(-c3ccc(C)cc3)c2C(F)(F)F)cc1OCC. The van der Waals surface area contributed by atoms with Gasteiger partial charge in [0.15, 0.2) is 17.2 Å². The van der Waals surface area contributed by atoms with Gasteiger partial charge in [-0.15, -0.1) is 0 Å². The van der Waals surface area contributed by atoms with Crippen molar-refractivity contribution in [3.63, 3.8) is 0 Å². The van der Waals surface area contributed by atoms with Crippen molar-refractivity contribution in [1.29, 1.82) is 0 Å². The molecular formula is C24H26F3N3O3. The van der Waals surface area contributed by atoms with Gasteiger partial charge in [0.1, 0.15) is 0 Å². The highest BCUT2D eigenvalue weighted by atomic mass is 19.4. The molecular weight excluding hydrogens is 435 g/mol. The summed E-state index contributed by atoms with van der Waals surface area (Å²) < 4.78 is 53.3. The van der Waals surface area contributed by atoms with Gasteiger partial charge < -0.3 is 14.8 Å². The fourth-order valence-corrected chi connectivity index (χ4v) is 3.34. The number of ether oxygens (including phenoxy) is 2. The first kappa shape index (κ1) is 24.2. The normalized spacial score (nSPS) is 11.3. The Hall–Kier alpha value is -3.49. The van der Waals surface area contributed by atoms with Crippen LogP contribution in [0, 0.1) is 6.92 Å². The van der Waals surface area contributed by atoms with E-state index >= 15 is 0 Å². The van der Waals surface area contributed by atoms with E-state index in [9.17, 15) is 18.0 Å². The molecule has 0 saturated heterocycles. The van der Waals surface area contributed by atoms with Crippen LogP contribution in [0.3, 0.4) is 0 Å². The fraction of sp³-hybridized carbons (Fsp3) is 0.333. The molecule has 3 rings (SSSR count). The molecule has 1 heterocycles. The Balaban J connectivity index is 1.74. The first-order valence-corrected chi connectivity index (χ1v) is 10.6. The molecule has 1 amide bonds. The number of hydrogen-bond acceptors (Lipinski definition) is 4. The van der Waals surface area contributed by atoms with E-state index in [4.69, 9.17) is 9.47 Å². The summed E-state index contributed by atoms with van der Waals surface area (Å²) in [5, 5.41) is 6.40. The number of aromatic nitrogens is 2. The van der Waals surface area contributed by atoms with Gasteiger partial charge in [-0.2, -0.15) is 18.3 Å². The van der Waals surface area contributed by atoms with E-state index in [1.165, 1.54) is 12.1 Å². The van der Waals surface area contributed by atoms with Crippen LogP contribution in [-0.4, -0.2) is 35.4 Å². The maximum absolute atomic E-state index is 13.8. The molecule has 1 aromatic heterocycles.